The lowest BCUT2D eigenvalue weighted by atomic mass is 10.2. The van der Waals surface area contributed by atoms with E-state index in [2.05, 4.69) is 21.1 Å². The SMILES string of the molecule is NC(=NO)C1CCCN1S(=O)(=O)c1ccccc1Br. The van der Waals surface area contributed by atoms with Gasteiger partial charge in [0.05, 0.1) is 10.9 Å². The summed E-state index contributed by atoms with van der Waals surface area (Å²) in [7, 11) is -3.66. The Labute approximate surface area is 120 Å². The van der Waals surface area contributed by atoms with Gasteiger partial charge in [0, 0.05) is 11.0 Å². The molecule has 19 heavy (non-hydrogen) atoms. The number of halogens is 1. The van der Waals surface area contributed by atoms with E-state index in [1.54, 1.807) is 18.2 Å². The number of sulfonamides is 1. The molecule has 1 aromatic rings. The Bertz CT molecular complexity index is 603. The minimum absolute atomic E-state index is 0.0758. The number of hydrogen-bond acceptors (Lipinski definition) is 4. The summed E-state index contributed by atoms with van der Waals surface area (Å²) >= 11 is 3.24. The molecule has 0 spiro atoms. The molecule has 0 radical (unpaired) electrons. The Kier molecular flexibility index (Phi) is 4.12. The highest BCUT2D eigenvalue weighted by molar-refractivity contribution is 9.10. The third-order valence-electron chi connectivity index (χ3n) is 3.08. The van der Waals surface area contributed by atoms with Crippen LogP contribution in [0.2, 0.25) is 0 Å². The lowest BCUT2D eigenvalue weighted by Gasteiger charge is -2.23. The van der Waals surface area contributed by atoms with Crippen LogP contribution in [0.3, 0.4) is 0 Å². The first kappa shape index (κ1) is 14.3. The Morgan fingerprint density at radius 2 is 2.16 bits per heavy atom. The van der Waals surface area contributed by atoms with Crippen LogP contribution in [0, 0.1) is 0 Å². The van der Waals surface area contributed by atoms with Crippen LogP contribution in [-0.2, 0) is 10.0 Å². The summed E-state index contributed by atoms with van der Waals surface area (Å²) in [4.78, 5) is 0.188. The first-order valence-corrected chi connectivity index (χ1v) is 7.95. The van der Waals surface area contributed by atoms with Crippen LogP contribution in [0.5, 0.6) is 0 Å². The molecule has 1 unspecified atom stereocenters. The van der Waals surface area contributed by atoms with Crippen LogP contribution in [0.25, 0.3) is 0 Å². The highest BCUT2D eigenvalue weighted by atomic mass is 79.9. The zero-order valence-corrected chi connectivity index (χ0v) is 12.4. The molecule has 0 aromatic heterocycles. The van der Waals surface area contributed by atoms with Gasteiger partial charge in [-0.15, -0.1) is 0 Å². The van der Waals surface area contributed by atoms with Crippen molar-refractivity contribution in [1.82, 2.24) is 4.31 Å². The molecule has 1 aliphatic heterocycles. The lowest BCUT2D eigenvalue weighted by molar-refractivity contribution is 0.311. The molecular weight excluding hydrogens is 334 g/mol. The Morgan fingerprint density at radius 3 is 2.79 bits per heavy atom. The predicted molar refractivity (Wildman–Crippen MR) is 74.5 cm³/mol. The first-order valence-electron chi connectivity index (χ1n) is 5.72. The molecule has 3 N–H and O–H groups in total. The molecule has 0 saturated carbocycles. The fraction of sp³-hybridized carbons (Fsp3) is 0.364. The van der Waals surface area contributed by atoms with Crippen LogP contribution in [0.1, 0.15) is 12.8 Å². The molecule has 8 heteroatoms. The summed E-state index contributed by atoms with van der Waals surface area (Å²) in [6, 6.07) is 6.02. The monoisotopic (exact) mass is 347 g/mol. The molecule has 0 bridgehead atoms. The minimum Gasteiger partial charge on any atom is -0.409 e. The van der Waals surface area contributed by atoms with Crippen molar-refractivity contribution >= 4 is 31.8 Å². The molecule has 1 aromatic carbocycles. The zero-order chi connectivity index (χ0) is 14.0. The second-order valence-corrected chi connectivity index (χ2v) is 6.94. The van der Waals surface area contributed by atoms with Crippen molar-refractivity contribution in [2.45, 2.75) is 23.8 Å². The average Bonchev–Trinajstić information content (AvgIpc) is 2.88. The number of oxime groups is 1. The largest absolute Gasteiger partial charge is 0.409 e. The van der Waals surface area contributed by atoms with Crippen molar-refractivity contribution in [2.24, 2.45) is 10.9 Å². The van der Waals surface area contributed by atoms with Crippen molar-refractivity contribution < 1.29 is 13.6 Å². The third-order valence-corrected chi connectivity index (χ3v) is 6.00. The van der Waals surface area contributed by atoms with Gasteiger partial charge in [-0.25, -0.2) is 8.42 Å². The van der Waals surface area contributed by atoms with Crippen LogP contribution in [0.4, 0.5) is 0 Å². The van der Waals surface area contributed by atoms with Crippen LogP contribution < -0.4 is 5.73 Å². The van der Waals surface area contributed by atoms with E-state index in [9.17, 15) is 8.42 Å². The van der Waals surface area contributed by atoms with E-state index < -0.39 is 16.1 Å². The smallest absolute Gasteiger partial charge is 0.244 e. The maximum absolute atomic E-state index is 12.6. The molecule has 2 rings (SSSR count). The van der Waals surface area contributed by atoms with E-state index in [4.69, 9.17) is 10.9 Å². The fourth-order valence-electron chi connectivity index (χ4n) is 2.17. The fourth-order valence-corrected chi connectivity index (χ4v) is 4.80. The number of rotatable bonds is 3. The van der Waals surface area contributed by atoms with Crippen LogP contribution >= 0.6 is 15.9 Å². The van der Waals surface area contributed by atoms with Gasteiger partial charge in [-0.05, 0) is 40.9 Å². The molecule has 6 nitrogen and oxygen atoms in total. The van der Waals surface area contributed by atoms with E-state index in [0.29, 0.717) is 23.9 Å². The number of hydrogen-bond donors (Lipinski definition) is 2. The topological polar surface area (TPSA) is 96.0 Å². The Morgan fingerprint density at radius 1 is 1.47 bits per heavy atom. The van der Waals surface area contributed by atoms with Gasteiger partial charge in [0.25, 0.3) is 0 Å². The molecular formula is C11H14BrN3O3S. The number of amidine groups is 1. The summed E-state index contributed by atoms with van der Waals surface area (Å²) in [6.45, 7) is 0.366. The van der Waals surface area contributed by atoms with Crippen LogP contribution in [-0.4, -0.2) is 36.4 Å². The van der Waals surface area contributed by atoms with E-state index >= 15 is 0 Å². The van der Waals surface area contributed by atoms with Gasteiger partial charge in [-0.2, -0.15) is 4.31 Å². The van der Waals surface area contributed by atoms with Gasteiger partial charge in [-0.3, -0.25) is 0 Å². The first-order chi connectivity index (χ1) is 8.98. The number of nitrogens with zero attached hydrogens (tertiary/aromatic N) is 2. The van der Waals surface area contributed by atoms with Crippen molar-refractivity contribution in [1.29, 1.82) is 0 Å². The maximum atomic E-state index is 12.6. The van der Waals surface area contributed by atoms with Crippen molar-refractivity contribution in [3.8, 4) is 0 Å². The van der Waals surface area contributed by atoms with E-state index in [1.165, 1.54) is 10.4 Å². The molecule has 1 fully saturated rings. The van der Waals surface area contributed by atoms with Crippen LogP contribution in [0.15, 0.2) is 38.8 Å². The summed E-state index contributed by atoms with van der Waals surface area (Å²) in [5.41, 5.74) is 5.56. The predicted octanol–water partition coefficient (Wildman–Crippen LogP) is 1.35. The third kappa shape index (κ3) is 2.60. The molecule has 104 valence electrons. The highest BCUT2D eigenvalue weighted by Gasteiger charge is 2.38. The normalized spacial score (nSPS) is 21.7. The summed E-state index contributed by atoms with van der Waals surface area (Å²) in [5.74, 6) is -0.0758. The average molecular weight is 348 g/mol. The van der Waals surface area contributed by atoms with Gasteiger partial charge in [0.1, 0.15) is 0 Å². The molecule has 1 saturated heterocycles. The van der Waals surface area contributed by atoms with Gasteiger partial charge >= 0.3 is 0 Å². The number of nitrogens with two attached hydrogens (primary N) is 1. The summed E-state index contributed by atoms with van der Waals surface area (Å²) < 4.78 is 27.0. The van der Waals surface area contributed by atoms with Crippen molar-refractivity contribution in [3.63, 3.8) is 0 Å². The minimum atomic E-state index is -3.66. The lowest BCUT2D eigenvalue weighted by Crippen LogP contribution is -2.43. The molecule has 1 aliphatic rings. The summed E-state index contributed by atoms with van der Waals surface area (Å²) in [5, 5.41) is 11.7. The maximum Gasteiger partial charge on any atom is 0.244 e. The quantitative estimate of drug-likeness (QED) is 0.373. The van der Waals surface area contributed by atoms with E-state index in [0.717, 1.165) is 0 Å². The molecule has 0 amide bonds. The van der Waals surface area contributed by atoms with Crippen molar-refractivity contribution in [2.75, 3.05) is 6.54 Å². The second kappa shape index (κ2) is 5.48. The molecule has 1 heterocycles. The molecule has 0 aliphatic carbocycles. The number of benzene rings is 1. The Hall–Kier alpha value is -1.12. The van der Waals surface area contributed by atoms with Gasteiger partial charge in [-0.1, -0.05) is 17.3 Å². The zero-order valence-electron chi connectivity index (χ0n) is 10.0. The molecule has 1 atom stereocenters. The van der Waals surface area contributed by atoms with E-state index in [-0.39, 0.29) is 10.7 Å². The highest BCUT2D eigenvalue weighted by Crippen LogP contribution is 2.30. The standard InChI is InChI=1S/C11H14BrN3O3S/c12-8-4-1-2-6-10(8)19(17,18)15-7-3-5-9(15)11(13)14-16/h1-2,4,6,9,16H,3,5,7H2,(H2,13,14). The van der Waals surface area contributed by atoms with Gasteiger partial charge in [0.2, 0.25) is 10.0 Å². The second-order valence-electron chi connectivity index (χ2n) is 4.23. The van der Waals surface area contributed by atoms with Crippen molar-refractivity contribution in [3.05, 3.63) is 28.7 Å². The van der Waals surface area contributed by atoms with E-state index in [1.807, 2.05) is 0 Å². The van der Waals surface area contributed by atoms with Gasteiger partial charge in [0.15, 0.2) is 5.84 Å². The summed E-state index contributed by atoms with van der Waals surface area (Å²) in [6.07, 6.45) is 1.24. The Balaban J connectivity index is 2.43. The van der Waals surface area contributed by atoms with Gasteiger partial charge < -0.3 is 10.9 Å².